The summed E-state index contributed by atoms with van der Waals surface area (Å²) in [5.74, 6) is -0.162. The molecule has 1 aliphatic rings. The van der Waals surface area contributed by atoms with E-state index in [1.165, 1.54) is 6.07 Å². The molecule has 0 atom stereocenters. The lowest BCUT2D eigenvalue weighted by Gasteiger charge is -2.16. The third-order valence-corrected chi connectivity index (χ3v) is 4.81. The zero-order valence-electron chi connectivity index (χ0n) is 14.9. The summed E-state index contributed by atoms with van der Waals surface area (Å²) in [5.41, 5.74) is 2.48. The number of amides is 2. The highest BCUT2D eigenvalue weighted by Crippen LogP contribution is 2.21. The summed E-state index contributed by atoms with van der Waals surface area (Å²) in [7, 11) is -3.40. The number of benzene rings is 2. The zero-order chi connectivity index (χ0) is 19.4. The fourth-order valence-electron chi connectivity index (χ4n) is 2.94. The summed E-state index contributed by atoms with van der Waals surface area (Å²) in [6, 6.07) is 13.8. The predicted molar refractivity (Wildman–Crippen MR) is 104 cm³/mol. The van der Waals surface area contributed by atoms with Crippen LogP contribution in [0.25, 0.3) is 0 Å². The molecule has 1 saturated heterocycles. The van der Waals surface area contributed by atoms with Crippen LogP contribution in [0.5, 0.6) is 0 Å². The Labute approximate surface area is 158 Å². The van der Waals surface area contributed by atoms with E-state index in [9.17, 15) is 18.0 Å². The van der Waals surface area contributed by atoms with Crippen LogP contribution in [-0.4, -0.2) is 33.0 Å². The molecule has 8 heteroatoms. The van der Waals surface area contributed by atoms with Crippen LogP contribution in [0.4, 0.5) is 11.4 Å². The predicted octanol–water partition coefficient (Wildman–Crippen LogP) is 2.11. The standard InChI is InChI=1S/C19H21N3O4S/c1-27(25,26)21-16-5-2-4-15(12-16)19(24)20-13-14-7-9-17(10-8-14)22-11-3-6-18(22)23/h2,4-5,7-10,12,21H,3,6,11,13H2,1H3,(H,20,24). The summed E-state index contributed by atoms with van der Waals surface area (Å²) < 4.78 is 24.9. The van der Waals surface area contributed by atoms with Gasteiger partial charge in [-0.3, -0.25) is 14.3 Å². The average Bonchev–Trinajstić information content (AvgIpc) is 3.05. The molecule has 2 aromatic rings. The van der Waals surface area contributed by atoms with Gasteiger partial charge >= 0.3 is 0 Å². The lowest BCUT2D eigenvalue weighted by Crippen LogP contribution is -2.24. The molecule has 0 spiro atoms. The number of carbonyl (C=O) groups is 2. The number of carbonyl (C=O) groups excluding carboxylic acids is 2. The summed E-state index contributed by atoms with van der Waals surface area (Å²) in [4.78, 5) is 25.9. The molecule has 1 aliphatic heterocycles. The van der Waals surface area contributed by atoms with Crippen molar-refractivity contribution in [2.75, 3.05) is 22.4 Å². The van der Waals surface area contributed by atoms with Crippen molar-refractivity contribution in [2.24, 2.45) is 0 Å². The van der Waals surface area contributed by atoms with Gasteiger partial charge in [0.2, 0.25) is 15.9 Å². The van der Waals surface area contributed by atoms with Crippen molar-refractivity contribution in [1.82, 2.24) is 5.32 Å². The number of rotatable bonds is 6. The molecular formula is C19H21N3O4S. The topological polar surface area (TPSA) is 95.6 Å². The largest absolute Gasteiger partial charge is 0.348 e. The lowest BCUT2D eigenvalue weighted by molar-refractivity contribution is -0.117. The Morgan fingerprint density at radius 1 is 1.15 bits per heavy atom. The number of nitrogens with zero attached hydrogens (tertiary/aromatic N) is 1. The Bertz CT molecular complexity index is 955. The molecule has 0 aliphatic carbocycles. The third kappa shape index (κ3) is 5.07. The van der Waals surface area contributed by atoms with E-state index in [0.29, 0.717) is 24.2 Å². The van der Waals surface area contributed by atoms with Crippen LogP contribution in [0.3, 0.4) is 0 Å². The van der Waals surface area contributed by atoms with Crippen LogP contribution in [0.15, 0.2) is 48.5 Å². The van der Waals surface area contributed by atoms with Gasteiger partial charge < -0.3 is 10.2 Å². The van der Waals surface area contributed by atoms with Crippen molar-refractivity contribution in [3.8, 4) is 0 Å². The van der Waals surface area contributed by atoms with Gasteiger partial charge in [0.1, 0.15) is 0 Å². The highest BCUT2D eigenvalue weighted by atomic mass is 32.2. The third-order valence-electron chi connectivity index (χ3n) is 4.20. The highest BCUT2D eigenvalue weighted by Gasteiger charge is 2.21. The molecule has 0 bridgehead atoms. The van der Waals surface area contributed by atoms with Gasteiger partial charge in [-0.1, -0.05) is 18.2 Å². The molecule has 0 unspecified atom stereocenters. The van der Waals surface area contributed by atoms with Gasteiger partial charge in [0, 0.05) is 36.4 Å². The van der Waals surface area contributed by atoms with Crippen LogP contribution in [0.2, 0.25) is 0 Å². The quantitative estimate of drug-likeness (QED) is 0.794. The molecule has 0 saturated carbocycles. The monoisotopic (exact) mass is 387 g/mol. The Balaban J connectivity index is 1.60. The minimum Gasteiger partial charge on any atom is -0.348 e. The van der Waals surface area contributed by atoms with Gasteiger partial charge in [-0.25, -0.2) is 8.42 Å². The first-order valence-corrected chi connectivity index (χ1v) is 10.5. The summed E-state index contributed by atoms with van der Waals surface area (Å²) >= 11 is 0. The summed E-state index contributed by atoms with van der Waals surface area (Å²) in [6.07, 6.45) is 2.52. The Hall–Kier alpha value is -2.87. The minimum absolute atomic E-state index is 0.138. The van der Waals surface area contributed by atoms with Crippen molar-refractivity contribution in [2.45, 2.75) is 19.4 Å². The smallest absolute Gasteiger partial charge is 0.251 e. The van der Waals surface area contributed by atoms with Crippen LogP contribution >= 0.6 is 0 Å². The van der Waals surface area contributed by atoms with E-state index >= 15 is 0 Å². The van der Waals surface area contributed by atoms with Crippen LogP contribution in [0.1, 0.15) is 28.8 Å². The second kappa shape index (κ2) is 7.79. The Kier molecular flexibility index (Phi) is 5.46. The summed E-state index contributed by atoms with van der Waals surface area (Å²) in [5, 5.41) is 2.81. The van der Waals surface area contributed by atoms with Gasteiger partial charge in [0.15, 0.2) is 0 Å². The van der Waals surface area contributed by atoms with Crippen LogP contribution in [0, 0.1) is 0 Å². The van der Waals surface area contributed by atoms with Crippen LogP contribution < -0.4 is 14.9 Å². The molecule has 27 heavy (non-hydrogen) atoms. The van der Waals surface area contributed by atoms with Crippen LogP contribution in [-0.2, 0) is 21.4 Å². The van der Waals surface area contributed by atoms with Gasteiger partial charge in [-0.05, 0) is 42.3 Å². The zero-order valence-corrected chi connectivity index (χ0v) is 15.8. The van der Waals surface area contributed by atoms with Gasteiger partial charge in [-0.15, -0.1) is 0 Å². The van der Waals surface area contributed by atoms with Gasteiger partial charge in [0.25, 0.3) is 5.91 Å². The SMILES string of the molecule is CS(=O)(=O)Nc1cccc(C(=O)NCc2ccc(N3CCCC3=O)cc2)c1. The van der Waals surface area contributed by atoms with Gasteiger partial charge in [0.05, 0.1) is 6.26 Å². The molecule has 142 valence electrons. The van der Waals surface area contributed by atoms with E-state index < -0.39 is 10.0 Å². The second-order valence-corrected chi connectivity index (χ2v) is 8.20. The van der Waals surface area contributed by atoms with E-state index in [-0.39, 0.29) is 11.8 Å². The normalized spacial score (nSPS) is 14.3. The number of anilines is 2. The molecule has 7 nitrogen and oxygen atoms in total. The Morgan fingerprint density at radius 3 is 2.52 bits per heavy atom. The lowest BCUT2D eigenvalue weighted by atomic mass is 10.1. The second-order valence-electron chi connectivity index (χ2n) is 6.45. The highest BCUT2D eigenvalue weighted by molar-refractivity contribution is 7.92. The molecule has 0 radical (unpaired) electrons. The Morgan fingerprint density at radius 2 is 1.89 bits per heavy atom. The number of hydrogen-bond donors (Lipinski definition) is 2. The van der Waals surface area contributed by atoms with Crippen molar-refractivity contribution < 1.29 is 18.0 Å². The maximum atomic E-state index is 12.3. The first-order valence-electron chi connectivity index (χ1n) is 8.57. The van der Waals surface area contributed by atoms with E-state index in [1.54, 1.807) is 23.1 Å². The fraction of sp³-hybridized carbons (Fsp3) is 0.263. The molecule has 1 fully saturated rings. The first-order chi connectivity index (χ1) is 12.8. The van der Waals surface area contributed by atoms with E-state index in [2.05, 4.69) is 10.0 Å². The van der Waals surface area contributed by atoms with E-state index in [0.717, 1.165) is 30.5 Å². The number of sulfonamides is 1. The van der Waals surface area contributed by atoms with Gasteiger partial charge in [-0.2, -0.15) is 0 Å². The molecule has 0 aromatic heterocycles. The molecule has 2 aromatic carbocycles. The maximum absolute atomic E-state index is 12.3. The van der Waals surface area contributed by atoms with E-state index in [1.807, 2.05) is 24.3 Å². The van der Waals surface area contributed by atoms with Crippen molar-refractivity contribution >= 4 is 33.2 Å². The van der Waals surface area contributed by atoms with Crippen molar-refractivity contribution in [3.05, 3.63) is 59.7 Å². The number of hydrogen-bond acceptors (Lipinski definition) is 4. The van der Waals surface area contributed by atoms with E-state index in [4.69, 9.17) is 0 Å². The molecule has 2 N–H and O–H groups in total. The average molecular weight is 387 g/mol. The van der Waals surface area contributed by atoms with Crippen molar-refractivity contribution in [3.63, 3.8) is 0 Å². The molecule has 3 rings (SSSR count). The first kappa shape index (κ1) is 18.9. The minimum atomic E-state index is -3.40. The van der Waals surface area contributed by atoms with Crippen molar-refractivity contribution in [1.29, 1.82) is 0 Å². The number of nitrogens with one attached hydrogen (secondary N) is 2. The maximum Gasteiger partial charge on any atom is 0.251 e. The molecule has 1 heterocycles. The molecule has 2 amide bonds. The fourth-order valence-corrected chi connectivity index (χ4v) is 3.49. The molecular weight excluding hydrogens is 366 g/mol. The summed E-state index contributed by atoms with van der Waals surface area (Å²) in [6.45, 7) is 1.07.